The van der Waals surface area contributed by atoms with E-state index in [1.54, 1.807) is 0 Å². The molecule has 1 aliphatic carbocycles. The number of nitrogens with zero attached hydrogens (tertiary/aromatic N) is 3. The molecule has 1 aliphatic heterocycles. The van der Waals surface area contributed by atoms with Gasteiger partial charge in [0.05, 0.1) is 6.61 Å². The molecule has 3 rings (SSSR count). The predicted molar refractivity (Wildman–Crippen MR) is 71.4 cm³/mol. The number of halogens is 1. The summed E-state index contributed by atoms with van der Waals surface area (Å²) in [5.74, 6) is 2.46. The first-order valence-electron chi connectivity index (χ1n) is 6.62. The minimum absolute atomic E-state index is 0.532. The zero-order valence-electron chi connectivity index (χ0n) is 10.7. The number of anilines is 1. The molecule has 2 aliphatic rings. The van der Waals surface area contributed by atoms with E-state index in [1.165, 1.54) is 12.8 Å². The maximum atomic E-state index is 6.24. The summed E-state index contributed by atoms with van der Waals surface area (Å²) in [5, 5.41) is 0.604. The molecule has 1 aromatic rings. The monoisotopic (exact) mass is 267 g/mol. The van der Waals surface area contributed by atoms with Crippen LogP contribution in [0.1, 0.15) is 36.6 Å². The average molecular weight is 268 g/mol. The van der Waals surface area contributed by atoms with Gasteiger partial charge in [-0.3, -0.25) is 0 Å². The molecule has 1 aromatic heterocycles. The van der Waals surface area contributed by atoms with Gasteiger partial charge in [0.1, 0.15) is 16.8 Å². The summed E-state index contributed by atoms with van der Waals surface area (Å²) in [7, 11) is 0. The maximum Gasteiger partial charge on any atom is 0.137 e. The highest BCUT2D eigenvalue weighted by atomic mass is 35.5. The van der Waals surface area contributed by atoms with Crippen LogP contribution in [0, 0.1) is 6.92 Å². The van der Waals surface area contributed by atoms with E-state index >= 15 is 0 Å². The fourth-order valence-corrected chi connectivity index (χ4v) is 2.46. The van der Waals surface area contributed by atoms with Crippen molar-refractivity contribution in [2.24, 2.45) is 0 Å². The normalized spacial score (nSPS) is 20.9. The van der Waals surface area contributed by atoms with Crippen molar-refractivity contribution in [2.45, 2.75) is 32.1 Å². The summed E-state index contributed by atoms with van der Waals surface area (Å²) >= 11 is 6.24. The molecule has 0 unspecified atom stereocenters. The number of aromatic nitrogens is 2. The molecule has 1 saturated heterocycles. The van der Waals surface area contributed by atoms with Crippen LogP contribution in [-0.2, 0) is 4.74 Å². The Morgan fingerprint density at radius 2 is 2.06 bits per heavy atom. The molecule has 4 nitrogen and oxygen atoms in total. The molecular formula is C13H18ClN3O. The molecule has 0 spiro atoms. The van der Waals surface area contributed by atoms with Gasteiger partial charge in [-0.25, -0.2) is 9.97 Å². The van der Waals surface area contributed by atoms with Crippen molar-refractivity contribution in [3.8, 4) is 0 Å². The van der Waals surface area contributed by atoms with Gasteiger partial charge >= 0.3 is 0 Å². The van der Waals surface area contributed by atoms with Crippen LogP contribution in [0.25, 0.3) is 0 Å². The van der Waals surface area contributed by atoms with Gasteiger partial charge < -0.3 is 9.64 Å². The van der Waals surface area contributed by atoms with Crippen molar-refractivity contribution in [3.63, 3.8) is 0 Å². The third-order valence-electron chi connectivity index (χ3n) is 3.54. The van der Waals surface area contributed by atoms with Crippen molar-refractivity contribution in [1.82, 2.24) is 9.97 Å². The van der Waals surface area contributed by atoms with Crippen LogP contribution in [0.4, 0.5) is 5.82 Å². The van der Waals surface area contributed by atoms with E-state index in [9.17, 15) is 0 Å². The number of rotatable bonds is 2. The summed E-state index contributed by atoms with van der Waals surface area (Å²) in [5.41, 5.74) is 0.989. The summed E-state index contributed by atoms with van der Waals surface area (Å²) in [6.07, 6.45) is 3.43. The van der Waals surface area contributed by atoms with Gasteiger partial charge in [0.25, 0.3) is 0 Å². The Balaban J connectivity index is 1.92. The van der Waals surface area contributed by atoms with Gasteiger partial charge in [-0.2, -0.15) is 0 Å². The summed E-state index contributed by atoms with van der Waals surface area (Å²) in [6, 6.07) is 0. The minimum atomic E-state index is 0.532. The third-order valence-corrected chi connectivity index (χ3v) is 3.91. The average Bonchev–Trinajstić information content (AvgIpc) is 3.18. The summed E-state index contributed by atoms with van der Waals surface area (Å²) in [4.78, 5) is 11.4. The highest BCUT2D eigenvalue weighted by Gasteiger charge is 2.29. The number of ether oxygens (including phenoxy) is 1. The molecule has 0 N–H and O–H groups in total. The van der Waals surface area contributed by atoms with Crippen LogP contribution in [0.15, 0.2) is 0 Å². The molecule has 18 heavy (non-hydrogen) atoms. The van der Waals surface area contributed by atoms with Crippen molar-refractivity contribution in [2.75, 3.05) is 31.2 Å². The number of hydrogen-bond acceptors (Lipinski definition) is 4. The number of hydrogen-bond donors (Lipinski definition) is 0. The third kappa shape index (κ3) is 2.45. The van der Waals surface area contributed by atoms with E-state index < -0.39 is 0 Å². The molecule has 98 valence electrons. The first-order chi connectivity index (χ1) is 8.75. The second-order valence-corrected chi connectivity index (χ2v) is 5.41. The molecule has 1 saturated carbocycles. The van der Waals surface area contributed by atoms with E-state index in [0.29, 0.717) is 11.1 Å². The largest absolute Gasteiger partial charge is 0.380 e. The SMILES string of the molecule is Cc1c(Cl)nc(C2CC2)nc1N1CCCOCC1. The smallest absolute Gasteiger partial charge is 0.137 e. The first kappa shape index (κ1) is 12.2. The lowest BCUT2D eigenvalue weighted by molar-refractivity contribution is 0.152. The van der Waals surface area contributed by atoms with Gasteiger partial charge in [-0.1, -0.05) is 11.6 Å². The van der Waals surface area contributed by atoms with Crippen molar-refractivity contribution < 1.29 is 4.74 Å². The van der Waals surface area contributed by atoms with Gasteiger partial charge in [0.2, 0.25) is 0 Å². The second kappa shape index (κ2) is 5.02. The zero-order chi connectivity index (χ0) is 12.5. The Kier molecular flexibility index (Phi) is 3.39. The van der Waals surface area contributed by atoms with Crippen LogP contribution in [0.2, 0.25) is 5.15 Å². The van der Waals surface area contributed by atoms with Gasteiger partial charge in [-0.05, 0) is 26.2 Å². The fourth-order valence-electron chi connectivity index (χ4n) is 2.28. The highest BCUT2D eigenvalue weighted by molar-refractivity contribution is 6.30. The molecular weight excluding hydrogens is 250 g/mol. The fraction of sp³-hybridized carbons (Fsp3) is 0.692. The molecule has 0 amide bonds. The van der Waals surface area contributed by atoms with Crippen LogP contribution >= 0.6 is 11.6 Å². The highest BCUT2D eigenvalue weighted by Crippen LogP contribution is 2.40. The second-order valence-electron chi connectivity index (χ2n) is 5.05. The predicted octanol–water partition coefficient (Wildman–Crippen LogP) is 2.54. The van der Waals surface area contributed by atoms with E-state index in [2.05, 4.69) is 9.88 Å². The van der Waals surface area contributed by atoms with Gasteiger partial charge in [0.15, 0.2) is 0 Å². The first-order valence-corrected chi connectivity index (χ1v) is 7.00. The molecule has 2 heterocycles. The Bertz CT molecular complexity index is 440. The van der Waals surface area contributed by atoms with E-state index in [-0.39, 0.29) is 0 Å². The lowest BCUT2D eigenvalue weighted by Gasteiger charge is -2.23. The van der Waals surface area contributed by atoms with Crippen LogP contribution in [0.3, 0.4) is 0 Å². The van der Waals surface area contributed by atoms with Gasteiger partial charge in [-0.15, -0.1) is 0 Å². The van der Waals surface area contributed by atoms with Crippen LogP contribution < -0.4 is 4.90 Å². The molecule has 0 radical (unpaired) electrons. The molecule has 0 atom stereocenters. The molecule has 2 fully saturated rings. The quantitative estimate of drug-likeness (QED) is 0.772. The zero-order valence-corrected chi connectivity index (χ0v) is 11.4. The Labute approximate surface area is 112 Å². The topological polar surface area (TPSA) is 38.2 Å². The van der Waals surface area contributed by atoms with Crippen molar-refractivity contribution in [1.29, 1.82) is 0 Å². The van der Waals surface area contributed by atoms with Crippen molar-refractivity contribution >= 4 is 17.4 Å². The Morgan fingerprint density at radius 1 is 1.22 bits per heavy atom. The van der Waals surface area contributed by atoms with Gasteiger partial charge in [0, 0.05) is 31.2 Å². The standard InChI is InChI=1S/C13H18ClN3O/c1-9-11(14)15-12(10-3-4-10)16-13(9)17-5-2-7-18-8-6-17/h10H,2-8H2,1H3. The maximum absolute atomic E-state index is 6.24. The minimum Gasteiger partial charge on any atom is -0.380 e. The summed E-state index contributed by atoms with van der Waals surface area (Å²) < 4.78 is 5.49. The molecule has 0 bridgehead atoms. The Morgan fingerprint density at radius 3 is 2.83 bits per heavy atom. The van der Waals surface area contributed by atoms with Crippen LogP contribution in [0.5, 0.6) is 0 Å². The Hall–Kier alpha value is -0.870. The molecule has 0 aromatic carbocycles. The van der Waals surface area contributed by atoms with E-state index in [0.717, 1.165) is 49.9 Å². The lowest BCUT2D eigenvalue weighted by atomic mass is 10.2. The van der Waals surface area contributed by atoms with E-state index in [4.69, 9.17) is 21.3 Å². The van der Waals surface area contributed by atoms with E-state index in [1.807, 2.05) is 6.92 Å². The summed E-state index contributed by atoms with van der Waals surface area (Å²) in [6.45, 7) is 5.47. The van der Waals surface area contributed by atoms with Crippen molar-refractivity contribution in [3.05, 3.63) is 16.5 Å². The lowest BCUT2D eigenvalue weighted by Crippen LogP contribution is -2.28. The van der Waals surface area contributed by atoms with Crippen LogP contribution in [-0.4, -0.2) is 36.3 Å². The molecule has 5 heteroatoms.